The van der Waals surface area contributed by atoms with Crippen molar-refractivity contribution in [1.29, 1.82) is 0 Å². The Kier molecular flexibility index (Phi) is 5.66. The first kappa shape index (κ1) is 19.4. The molecule has 1 saturated heterocycles. The number of nitrogens with zero attached hydrogens (tertiary/aromatic N) is 3. The molecule has 28 heavy (non-hydrogen) atoms. The molecule has 0 spiro atoms. The van der Waals surface area contributed by atoms with Gasteiger partial charge < -0.3 is 4.57 Å². The van der Waals surface area contributed by atoms with Gasteiger partial charge in [-0.3, -0.25) is 0 Å². The minimum Gasteiger partial charge on any atom is -0.331 e. The number of piperidine rings is 1. The van der Waals surface area contributed by atoms with Crippen LogP contribution in [0.15, 0.2) is 76.4 Å². The lowest BCUT2D eigenvalue weighted by molar-refractivity contribution is 0.253. The SMILES string of the molecule is O=S(=O)(c1ccc(Br)cc1)N1CCC(Cn2ccnc2-c2ccccc2)CC1. The first-order valence-electron chi connectivity index (χ1n) is 9.36. The summed E-state index contributed by atoms with van der Waals surface area (Å²) in [7, 11) is -3.42. The number of sulfonamides is 1. The standard InChI is InChI=1S/C21H22BrN3O2S/c22-19-6-8-20(9-7-19)28(26,27)25-13-10-17(11-14-25)16-24-15-12-23-21(24)18-4-2-1-3-5-18/h1-9,12,15,17H,10-11,13-14,16H2. The summed E-state index contributed by atoms with van der Waals surface area (Å²) in [5.74, 6) is 1.40. The van der Waals surface area contributed by atoms with E-state index in [0.717, 1.165) is 35.2 Å². The fourth-order valence-electron chi connectivity index (χ4n) is 3.67. The van der Waals surface area contributed by atoms with Gasteiger partial charge in [0.05, 0.1) is 4.90 Å². The monoisotopic (exact) mass is 459 g/mol. The second-order valence-corrected chi connectivity index (χ2v) is 9.92. The highest BCUT2D eigenvalue weighted by molar-refractivity contribution is 9.10. The van der Waals surface area contributed by atoms with Crippen LogP contribution in [0.4, 0.5) is 0 Å². The van der Waals surface area contributed by atoms with Crippen molar-refractivity contribution in [2.45, 2.75) is 24.3 Å². The lowest BCUT2D eigenvalue weighted by Crippen LogP contribution is -2.39. The second-order valence-electron chi connectivity index (χ2n) is 7.07. The minimum atomic E-state index is -3.42. The van der Waals surface area contributed by atoms with Gasteiger partial charge in [0.1, 0.15) is 5.82 Å². The van der Waals surface area contributed by atoms with Crippen LogP contribution in [-0.2, 0) is 16.6 Å². The van der Waals surface area contributed by atoms with Gasteiger partial charge in [0.25, 0.3) is 0 Å². The third kappa shape index (κ3) is 4.06. The van der Waals surface area contributed by atoms with Crippen molar-refractivity contribution < 1.29 is 8.42 Å². The van der Waals surface area contributed by atoms with E-state index in [0.29, 0.717) is 23.9 Å². The van der Waals surface area contributed by atoms with Crippen molar-refractivity contribution in [3.05, 3.63) is 71.5 Å². The van der Waals surface area contributed by atoms with Gasteiger partial charge in [-0.25, -0.2) is 13.4 Å². The number of hydrogen-bond donors (Lipinski definition) is 0. The molecule has 146 valence electrons. The molecule has 0 aliphatic carbocycles. The van der Waals surface area contributed by atoms with Crippen LogP contribution < -0.4 is 0 Å². The van der Waals surface area contributed by atoms with E-state index in [1.165, 1.54) is 0 Å². The van der Waals surface area contributed by atoms with E-state index < -0.39 is 10.0 Å². The van der Waals surface area contributed by atoms with Crippen molar-refractivity contribution >= 4 is 26.0 Å². The van der Waals surface area contributed by atoms with Crippen LogP contribution in [0.1, 0.15) is 12.8 Å². The molecule has 1 aliphatic heterocycles. The molecule has 0 bridgehead atoms. The maximum Gasteiger partial charge on any atom is 0.243 e. The quantitative estimate of drug-likeness (QED) is 0.567. The Hall–Kier alpha value is -1.96. The molecule has 0 unspecified atom stereocenters. The molecular formula is C21H22BrN3O2S. The van der Waals surface area contributed by atoms with Crippen LogP contribution in [0.25, 0.3) is 11.4 Å². The maximum absolute atomic E-state index is 12.9. The summed E-state index contributed by atoms with van der Waals surface area (Å²) in [4.78, 5) is 4.86. The fraction of sp³-hybridized carbons (Fsp3) is 0.286. The second kappa shape index (κ2) is 8.19. The van der Waals surface area contributed by atoms with E-state index in [1.807, 2.05) is 30.6 Å². The van der Waals surface area contributed by atoms with E-state index in [9.17, 15) is 8.42 Å². The largest absolute Gasteiger partial charge is 0.331 e. The van der Waals surface area contributed by atoms with Crippen molar-refractivity contribution in [1.82, 2.24) is 13.9 Å². The zero-order chi connectivity index (χ0) is 19.6. The molecule has 2 heterocycles. The molecule has 1 fully saturated rings. The molecular weight excluding hydrogens is 438 g/mol. The molecule has 0 N–H and O–H groups in total. The predicted molar refractivity (Wildman–Crippen MR) is 113 cm³/mol. The molecule has 0 amide bonds. The van der Waals surface area contributed by atoms with E-state index in [4.69, 9.17) is 0 Å². The number of imidazole rings is 1. The number of hydrogen-bond acceptors (Lipinski definition) is 3. The van der Waals surface area contributed by atoms with Gasteiger partial charge in [0.15, 0.2) is 0 Å². The maximum atomic E-state index is 12.9. The van der Waals surface area contributed by atoms with E-state index in [2.05, 4.69) is 37.6 Å². The molecule has 5 nitrogen and oxygen atoms in total. The third-order valence-corrected chi connectivity index (χ3v) is 7.67. The smallest absolute Gasteiger partial charge is 0.243 e. The van der Waals surface area contributed by atoms with Gasteiger partial charge in [-0.1, -0.05) is 46.3 Å². The Bertz CT molecular complexity index is 1030. The fourth-order valence-corrected chi connectivity index (χ4v) is 5.40. The van der Waals surface area contributed by atoms with Gasteiger partial charge in [0.2, 0.25) is 10.0 Å². The topological polar surface area (TPSA) is 55.2 Å². The third-order valence-electron chi connectivity index (χ3n) is 5.23. The van der Waals surface area contributed by atoms with Crippen molar-refractivity contribution in [3.63, 3.8) is 0 Å². The Labute approximate surface area is 174 Å². The van der Waals surface area contributed by atoms with Gasteiger partial charge in [-0.2, -0.15) is 4.31 Å². The highest BCUT2D eigenvalue weighted by atomic mass is 79.9. The first-order valence-corrected chi connectivity index (χ1v) is 11.6. The van der Waals surface area contributed by atoms with Crippen molar-refractivity contribution in [2.24, 2.45) is 5.92 Å². The number of aromatic nitrogens is 2. The number of rotatable bonds is 5. The van der Waals surface area contributed by atoms with Crippen molar-refractivity contribution in [3.8, 4) is 11.4 Å². The van der Waals surface area contributed by atoms with Gasteiger partial charge in [0, 0.05) is 42.1 Å². The lowest BCUT2D eigenvalue weighted by atomic mass is 9.98. The normalized spacial score (nSPS) is 16.3. The summed E-state index contributed by atoms with van der Waals surface area (Å²) >= 11 is 3.35. The molecule has 0 atom stereocenters. The molecule has 0 radical (unpaired) electrons. The molecule has 1 aliphatic rings. The summed E-state index contributed by atoms with van der Waals surface area (Å²) in [6, 6.07) is 17.0. The first-order chi connectivity index (χ1) is 13.5. The predicted octanol–water partition coefficient (Wildman–Crippen LogP) is 4.41. The van der Waals surface area contributed by atoms with Gasteiger partial charge in [-0.15, -0.1) is 0 Å². The van der Waals surface area contributed by atoms with Crippen LogP contribution in [0.2, 0.25) is 0 Å². The zero-order valence-electron chi connectivity index (χ0n) is 15.4. The summed E-state index contributed by atoms with van der Waals surface area (Å²) < 4.78 is 30.4. The Morgan fingerprint density at radius 1 is 1.00 bits per heavy atom. The summed E-state index contributed by atoms with van der Waals surface area (Å²) in [6.45, 7) is 1.97. The minimum absolute atomic E-state index is 0.357. The molecule has 7 heteroatoms. The number of halogens is 1. The van der Waals surface area contributed by atoms with E-state index >= 15 is 0 Å². The average Bonchev–Trinajstić information content (AvgIpc) is 3.17. The van der Waals surface area contributed by atoms with E-state index in [-0.39, 0.29) is 0 Å². The zero-order valence-corrected chi connectivity index (χ0v) is 17.8. The van der Waals surface area contributed by atoms with Crippen molar-refractivity contribution in [2.75, 3.05) is 13.1 Å². The summed E-state index contributed by atoms with van der Waals surface area (Å²) in [5.41, 5.74) is 1.10. The molecule has 3 aromatic rings. The van der Waals surface area contributed by atoms with Gasteiger partial charge >= 0.3 is 0 Å². The molecule has 1 aromatic heterocycles. The average molecular weight is 460 g/mol. The van der Waals surface area contributed by atoms with E-state index in [1.54, 1.807) is 28.6 Å². The summed E-state index contributed by atoms with van der Waals surface area (Å²) in [6.07, 6.45) is 5.53. The Morgan fingerprint density at radius 2 is 1.68 bits per heavy atom. The Balaban J connectivity index is 1.42. The lowest BCUT2D eigenvalue weighted by Gasteiger charge is -2.31. The van der Waals surface area contributed by atoms with Crippen LogP contribution in [0, 0.1) is 5.92 Å². The molecule has 4 rings (SSSR count). The summed E-state index contributed by atoms with van der Waals surface area (Å²) in [5, 5.41) is 0. The highest BCUT2D eigenvalue weighted by Gasteiger charge is 2.29. The van der Waals surface area contributed by atoms with Crippen LogP contribution >= 0.6 is 15.9 Å². The van der Waals surface area contributed by atoms with Crippen LogP contribution in [0.5, 0.6) is 0 Å². The van der Waals surface area contributed by atoms with Crippen LogP contribution in [-0.4, -0.2) is 35.4 Å². The molecule has 2 aromatic carbocycles. The highest BCUT2D eigenvalue weighted by Crippen LogP contribution is 2.27. The molecule has 0 saturated carbocycles. The number of benzene rings is 2. The van der Waals surface area contributed by atoms with Gasteiger partial charge in [-0.05, 0) is 43.0 Å². The van der Waals surface area contributed by atoms with Crippen LogP contribution in [0.3, 0.4) is 0 Å². The Morgan fingerprint density at radius 3 is 2.36 bits per heavy atom.